The summed E-state index contributed by atoms with van der Waals surface area (Å²) >= 11 is 0. The molecule has 13 heteroatoms. The van der Waals surface area contributed by atoms with Crippen LogP contribution < -0.4 is 21.3 Å². The molecule has 4 N–H and O–H groups in total. The average Bonchev–Trinajstić information content (AvgIpc) is 3.49. The van der Waals surface area contributed by atoms with E-state index in [1.807, 2.05) is 26.0 Å². The molecule has 0 radical (unpaired) electrons. The van der Waals surface area contributed by atoms with Crippen molar-refractivity contribution in [2.24, 2.45) is 5.92 Å². The monoisotopic (exact) mass is 641 g/mol. The molecule has 0 atom stereocenters. The van der Waals surface area contributed by atoms with Crippen molar-refractivity contribution in [1.29, 1.82) is 0 Å². The highest BCUT2D eigenvalue weighted by Gasteiger charge is 2.36. The Bertz CT molecular complexity index is 2390. The largest absolute Gasteiger partial charge is 0.504 e. The van der Waals surface area contributed by atoms with Crippen LogP contribution in [0.5, 0.6) is 11.5 Å². The Kier molecular flexibility index (Phi) is 6.69. The number of phenols is 1. The zero-order valence-corrected chi connectivity index (χ0v) is 26.3. The molecular weight excluding hydrogens is 610 g/mol. The molecule has 2 aliphatic rings. The molecule has 1 saturated carbocycles. The van der Waals surface area contributed by atoms with E-state index in [1.165, 1.54) is 11.0 Å². The highest BCUT2D eigenvalue weighted by Crippen LogP contribution is 2.47. The van der Waals surface area contributed by atoms with E-state index in [1.54, 1.807) is 52.1 Å². The summed E-state index contributed by atoms with van der Waals surface area (Å²) in [6.45, 7) is 4.17. The number of benzene rings is 2. The summed E-state index contributed by atoms with van der Waals surface area (Å²) in [6.07, 6.45) is 7.27. The predicted molar refractivity (Wildman–Crippen MR) is 178 cm³/mol. The van der Waals surface area contributed by atoms with Gasteiger partial charge in [-0.05, 0) is 63.1 Å². The highest BCUT2D eigenvalue weighted by molar-refractivity contribution is 5.99. The molecular formula is C35H31N9O4. The molecule has 13 nitrogen and oxygen atoms in total. The van der Waals surface area contributed by atoms with Gasteiger partial charge >= 0.3 is 0 Å². The van der Waals surface area contributed by atoms with Crippen LogP contribution in [0.25, 0.3) is 33.2 Å². The molecule has 0 saturated heterocycles. The highest BCUT2D eigenvalue weighted by atomic mass is 16.5. The maximum absolute atomic E-state index is 14.3. The van der Waals surface area contributed by atoms with Crippen LogP contribution in [0.2, 0.25) is 0 Å². The van der Waals surface area contributed by atoms with Gasteiger partial charge in [-0.1, -0.05) is 17.9 Å². The molecule has 1 amide bonds. The third-order valence-corrected chi connectivity index (χ3v) is 8.61. The molecule has 1 fully saturated rings. The number of fused-ring (bicyclic) bond motifs is 3. The fourth-order valence-corrected chi connectivity index (χ4v) is 6.26. The van der Waals surface area contributed by atoms with Gasteiger partial charge in [0.15, 0.2) is 23.0 Å². The van der Waals surface area contributed by atoms with Crippen molar-refractivity contribution in [2.45, 2.75) is 45.3 Å². The molecule has 5 heterocycles. The minimum absolute atomic E-state index is 0.0109. The number of carbonyl (C=O) groups is 1. The first-order chi connectivity index (χ1) is 23.2. The molecule has 0 bridgehead atoms. The lowest BCUT2D eigenvalue weighted by Crippen LogP contribution is -2.31. The number of anilines is 1. The van der Waals surface area contributed by atoms with Crippen molar-refractivity contribution in [3.8, 4) is 34.6 Å². The van der Waals surface area contributed by atoms with Crippen molar-refractivity contribution in [3.05, 3.63) is 88.5 Å². The van der Waals surface area contributed by atoms with E-state index in [0.29, 0.717) is 51.2 Å². The van der Waals surface area contributed by atoms with E-state index in [2.05, 4.69) is 27.1 Å². The van der Waals surface area contributed by atoms with E-state index in [4.69, 9.17) is 20.6 Å². The summed E-state index contributed by atoms with van der Waals surface area (Å²) in [5.41, 5.74) is 9.11. The summed E-state index contributed by atoms with van der Waals surface area (Å²) in [5.74, 6) is 7.25. The minimum Gasteiger partial charge on any atom is -0.504 e. The van der Waals surface area contributed by atoms with Gasteiger partial charge in [-0.15, -0.1) is 0 Å². The lowest BCUT2D eigenvalue weighted by molar-refractivity contribution is -0.122. The summed E-state index contributed by atoms with van der Waals surface area (Å²) in [6, 6.07) is 12.4. The molecule has 48 heavy (non-hydrogen) atoms. The molecule has 0 unspecified atom stereocenters. The average molecular weight is 642 g/mol. The number of nitrogens with zero attached hydrogens (tertiary/aromatic N) is 7. The second-order valence-electron chi connectivity index (χ2n) is 12.6. The Morgan fingerprint density at radius 3 is 2.73 bits per heavy atom. The van der Waals surface area contributed by atoms with Crippen molar-refractivity contribution >= 4 is 33.7 Å². The molecule has 240 valence electrons. The van der Waals surface area contributed by atoms with Gasteiger partial charge < -0.3 is 20.9 Å². The normalized spacial score (nSPS) is 14.8. The van der Waals surface area contributed by atoms with Crippen LogP contribution in [0.1, 0.15) is 43.6 Å². The molecule has 8 rings (SSSR count). The fourth-order valence-electron chi connectivity index (χ4n) is 6.26. The van der Waals surface area contributed by atoms with Crippen molar-refractivity contribution in [2.75, 3.05) is 12.3 Å². The SMILES string of the molecule is CC1(C)Cc2c(-c3nn(Cc4nc5cccc(C#CCNC(=O)C6CC6)c5c(=O)n4-n4cccc4)c4ncnc(N)c34)ccc(O)c2O1. The third-order valence-electron chi connectivity index (χ3n) is 8.61. The zero-order chi connectivity index (χ0) is 33.2. The quantitative estimate of drug-likeness (QED) is 0.231. The van der Waals surface area contributed by atoms with E-state index >= 15 is 0 Å². The van der Waals surface area contributed by atoms with E-state index in [-0.39, 0.29) is 42.0 Å². The van der Waals surface area contributed by atoms with Crippen LogP contribution >= 0.6 is 0 Å². The van der Waals surface area contributed by atoms with Gasteiger partial charge in [-0.3, -0.25) is 14.3 Å². The summed E-state index contributed by atoms with van der Waals surface area (Å²) in [4.78, 5) is 40.1. The van der Waals surface area contributed by atoms with E-state index in [9.17, 15) is 14.7 Å². The number of hydrogen-bond donors (Lipinski definition) is 3. The van der Waals surface area contributed by atoms with Gasteiger partial charge in [0, 0.05) is 41.4 Å². The number of rotatable bonds is 6. The predicted octanol–water partition coefficient (Wildman–Crippen LogP) is 3.24. The van der Waals surface area contributed by atoms with Crippen LogP contribution in [0.4, 0.5) is 5.82 Å². The molecule has 6 aromatic rings. The Morgan fingerprint density at radius 1 is 1.12 bits per heavy atom. The molecule has 1 aliphatic carbocycles. The number of amides is 1. The van der Waals surface area contributed by atoms with Gasteiger partial charge in [0.1, 0.15) is 30.0 Å². The van der Waals surface area contributed by atoms with Crippen molar-refractivity contribution in [1.82, 2.24) is 39.4 Å². The number of aromatic hydroxyl groups is 1. The molecule has 2 aromatic carbocycles. The first-order valence-corrected chi connectivity index (χ1v) is 15.6. The number of nitrogens with one attached hydrogen (secondary N) is 1. The van der Waals surface area contributed by atoms with Crippen LogP contribution in [0.3, 0.4) is 0 Å². The molecule has 0 spiro atoms. The maximum Gasteiger partial charge on any atom is 0.282 e. The van der Waals surface area contributed by atoms with Crippen LogP contribution in [-0.2, 0) is 17.8 Å². The third kappa shape index (κ3) is 4.98. The summed E-state index contributed by atoms with van der Waals surface area (Å²) in [5, 5.41) is 19.3. The number of ether oxygens (including phenoxy) is 1. The standard InChI is InChI=1S/C35H31N9O4/c1-35(2)17-23-22(12-13-25(45)30(23)48-35)29-28-31(36)38-19-39-32(28)43(41-29)18-26-40-24-9-5-7-20(8-6-14-37-33(46)21-10-11-21)27(24)34(47)44(26)42-15-3-4-16-42/h3-5,7,9,12-13,15-16,19,21,45H,10-11,14,17-18H2,1-2H3,(H,37,46)(H2,36,38,39). The van der Waals surface area contributed by atoms with Crippen LogP contribution in [0.15, 0.2) is 66.0 Å². The van der Waals surface area contributed by atoms with Gasteiger partial charge in [-0.2, -0.15) is 9.77 Å². The first kappa shape index (κ1) is 29.3. The number of nitrogen functional groups attached to an aromatic ring is 1. The smallest absolute Gasteiger partial charge is 0.282 e. The topological polar surface area (TPSA) is 168 Å². The number of nitrogens with two attached hydrogens (primary N) is 1. The van der Waals surface area contributed by atoms with Crippen molar-refractivity contribution in [3.63, 3.8) is 0 Å². The van der Waals surface area contributed by atoms with Crippen molar-refractivity contribution < 1.29 is 14.6 Å². The van der Waals surface area contributed by atoms with Gasteiger partial charge in [-0.25, -0.2) is 19.6 Å². The summed E-state index contributed by atoms with van der Waals surface area (Å²) < 4.78 is 10.9. The second kappa shape index (κ2) is 11.0. The maximum atomic E-state index is 14.3. The van der Waals surface area contributed by atoms with Gasteiger partial charge in [0.2, 0.25) is 5.91 Å². The zero-order valence-electron chi connectivity index (χ0n) is 26.3. The number of phenolic OH excluding ortho intramolecular Hbond substituents is 1. The lowest BCUT2D eigenvalue weighted by atomic mass is 9.95. The Morgan fingerprint density at radius 2 is 1.94 bits per heavy atom. The number of carbonyl (C=O) groups excluding carboxylic acids is 1. The lowest BCUT2D eigenvalue weighted by Gasteiger charge is -2.16. The Balaban J connectivity index is 1.25. The van der Waals surface area contributed by atoms with E-state index in [0.717, 1.165) is 24.0 Å². The van der Waals surface area contributed by atoms with Crippen LogP contribution in [-0.4, -0.2) is 57.2 Å². The summed E-state index contributed by atoms with van der Waals surface area (Å²) in [7, 11) is 0. The first-order valence-electron chi connectivity index (χ1n) is 15.6. The Labute approximate surface area is 274 Å². The second-order valence-corrected chi connectivity index (χ2v) is 12.6. The molecule has 4 aromatic heterocycles. The number of aromatic nitrogens is 7. The molecule has 1 aliphatic heterocycles. The van der Waals surface area contributed by atoms with Crippen LogP contribution in [0, 0.1) is 17.8 Å². The number of hydrogen-bond acceptors (Lipinski definition) is 9. The van der Waals surface area contributed by atoms with E-state index < -0.39 is 5.60 Å². The Hall–Kier alpha value is -6.16. The van der Waals surface area contributed by atoms with Gasteiger partial charge in [0.05, 0.1) is 22.8 Å². The fraction of sp³-hybridized carbons (Fsp3) is 0.257. The van der Waals surface area contributed by atoms with Gasteiger partial charge in [0.25, 0.3) is 5.56 Å². The minimum atomic E-state index is -0.522.